The molecule has 6 nitrogen and oxygen atoms in total. The first-order valence-electron chi connectivity index (χ1n) is 7.72. The molecule has 1 N–H and O–H groups in total. The Hall–Kier alpha value is -2.54. The Morgan fingerprint density at radius 3 is 2.20 bits per heavy atom. The number of carbonyl (C=O) groups is 1. The Labute approximate surface area is 146 Å². The fourth-order valence-corrected chi connectivity index (χ4v) is 2.66. The molecule has 0 unspecified atom stereocenters. The van der Waals surface area contributed by atoms with Crippen molar-refractivity contribution in [1.82, 2.24) is 0 Å². The number of ether oxygens (including phenoxy) is 2. The fraction of sp³-hybridized carbons (Fsp3) is 0.278. The van der Waals surface area contributed by atoms with Crippen LogP contribution >= 0.6 is 0 Å². The molecule has 2 rings (SSSR count). The molecular formula is C18H20O6S. The molecule has 134 valence electrons. The molecular weight excluding hydrogens is 344 g/mol. The molecule has 7 heteroatoms. The van der Waals surface area contributed by atoms with Gasteiger partial charge in [-0.15, -0.1) is 0 Å². The summed E-state index contributed by atoms with van der Waals surface area (Å²) in [7, 11) is -3.29. The number of hydrogen-bond donors (Lipinski definition) is 1. The number of sulfone groups is 1. The Bertz CT molecular complexity index is 856. The molecule has 0 radical (unpaired) electrons. The van der Waals surface area contributed by atoms with Crippen LogP contribution in [0.25, 0.3) is 0 Å². The van der Waals surface area contributed by atoms with Crippen molar-refractivity contribution in [2.45, 2.75) is 31.3 Å². The number of rotatable bonds is 7. The molecule has 25 heavy (non-hydrogen) atoms. The molecule has 0 aliphatic carbocycles. The zero-order chi connectivity index (χ0) is 18.6. The minimum Gasteiger partial charge on any atom is -0.491 e. The average molecular weight is 364 g/mol. The monoisotopic (exact) mass is 364 g/mol. The van der Waals surface area contributed by atoms with Gasteiger partial charge in [0, 0.05) is 12.3 Å². The Kier molecular flexibility index (Phi) is 5.69. The standard InChI is InChI=1S/C18H20O6S/c1-4-12(2)23-15-9-13(18(19)20)10-16(11-15)24-14-5-7-17(8-6-14)25(3,21)22/h5-12H,4H2,1-3H3,(H,19,20)/t12-/m0/s1. The first kappa shape index (κ1) is 18.8. The van der Waals surface area contributed by atoms with Crippen LogP contribution in [0.1, 0.15) is 30.6 Å². The quantitative estimate of drug-likeness (QED) is 0.804. The molecule has 0 saturated carbocycles. The first-order chi connectivity index (χ1) is 11.7. The second kappa shape index (κ2) is 7.57. The van der Waals surface area contributed by atoms with Crippen LogP contribution in [0, 0.1) is 0 Å². The average Bonchev–Trinajstić information content (AvgIpc) is 2.54. The molecule has 0 aliphatic rings. The summed E-state index contributed by atoms with van der Waals surface area (Å²) in [5.74, 6) is -0.00128. The van der Waals surface area contributed by atoms with Gasteiger partial charge in [0.25, 0.3) is 0 Å². The predicted molar refractivity (Wildman–Crippen MR) is 93.4 cm³/mol. The lowest BCUT2D eigenvalue weighted by atomic mass is 10.2. The lowest BCUT2D eigenvalue weighted by molar-refractivity contribution is 0.0695. The second-order valence-corrected chi connectivity index (χ2v) is 7.70. The van der Waals surface area contributed by atoms with Crippen LogP contribution in [0.5, 0.6) is 17.2 Å². The summed E-state index contributed by atoms with van der Waals surface area (Å²) < 4.78 is 34.3. The van der Waals surface area contributed by atoms with E-state index < -0.39 is 15.8 Å². The van der Waals surface area contributed by atoms with E-state index in [-0.39, 0.29) is 16.6 Å². The van der Waals surface area contributed by atoms with Gasteiger partial charge in [0.1, 0.15) is 17.2 Å². The van der Waals surface area contributed by atoms with E-state index in [4.69, 9.17) is 9.47 Å². The van der Waals surface area contributed by atoms with E-state index in [9.17, 15) is 18.3 Å². The van der Waals surface area contributed by atoms with Gasteiger partial charge in [-0.25, -0.2) is 13.2 Å². The highest BCUT2D eigenvalue weighted by atomic mass is 32.2. The van der Waals surface area contributed by atoms with Gasteiger partial charge < -0.3 is 14.6 Å². The van der Waals surface area contributed by atoms with Crippen LogP contribution in [-0.2, 0) is 9.84 Å². The third-order valence-electron chi connectivity index (χ3n) is 3.53. The van der Waals surface area contributed by atoms with E-state index in [1.807, 2.05) is 13.8 Å². The first-order valence-corrected chi connectivity index (χ1v) is 9.61. The Morgan fingerprint density at radius 1 is 1.08 bits per heavy atom. The lowest BCUT2D eigenvalue weighted by Crippen LogP contribution is -2.10. The lowest BCUT2D eigenvalue weighted by Gasteiger charge is -2.15. The largest absolute Gasteiger partial charge is 0.491 e. The van der Waals surface area contributed by atoms with Gasteiger partial charge in [-0.3, -0.25) is 0 Å². The number of benzene rings is 2. The summed E-state index contributed by atoms with van der Waals surface area (Å²) in [5.41, 5.74) is 0.0450. The highest BCUT2D eigenvalue weighted by Gasteiger charge is 2.12. The van der Waals surface area contributed by atoms with E-state index in [1.54, 1.807) is 6.07 Å². The molecule has 0 bridgehead atoms. The molecule has 1 atom stereocenters. The van der Waals surface area contributed by atoms with Gasteiger partial charge in [-0.05, 0) is 49.7 Å². The third kappa shape index (κ3) is 5.22. The van der Waals surface area contributed by atoms with Crippen LogP contribution in [-0.4, -0.2) is 31.9 Å². The summed E-state index contributed by atoms with van der Waals surface area (Å²) in [4.78, 5) is 11.5. The normalized spacial score (nSPS) is 12.4. The third-order valence-corrected chi connectivity index (χ3v) is 4.66. The highest BCUT2D eigenvalue weighted by molar-refractivity contribution is 7.90. The van der Waals surface area contributed by atoms with Crippen molar-refractivity contribution in [3.05, 3.63) is 48.0 Å². The SMILES string of the molecule is CC[C@H](C)Oc1cc(Oc2ccc(S(C)(=O)=O)cc2)cc(C(=O)O)c1. The summed E-state index contributed by atoms with van der Waals surface area (Å²) in [6, 6.07) is 10.3. The van der Waals surface area contributed by atoms with Crippen molar-refractivity contribution in [2.75, 3.05) is 6.26 Å². The summed E-state index contributed by atoms with van der Waals surface area (Å²) in [6.45, 7) is 3.85. The van der Waals surface area contributed by atoms with E-state index in [0.717, 1.165) is 12.7 Å². The maximum Gasteiger partial charge on any atom is 0.335 e. The smallest absolute Gasteiger partial charge is 0.335 e. The van der Waals surface area contributed by atoms with Crippen LogP contribution in [0.15, 0.2) is 47.4 Å². The van der Waals surface area contributed by atoms with Gasteiger partial charge in [-0.2, -0.15) is 0 Å². The highest BCUT2D eigenvalue weighted by Crippen LogP contribution is 2.29. The molecule has 0 fully saturated rings. The molecule has 0 saturated heterocycles. The minimum atomic E-state index is -3.29. The van der Waals surface area contributed by atoms with Crippen molar-refractivity contribution in [1.29, 1.82) is 0 Å². The number of aromatic carboxylic acids is 1. The van der Waals surface area contributed by atoms with Crippen molar-refractivity contribution >= 4 is 15.8 Å². The number of carboxylic acid groups (broad SMARTS) is 1. The van der Waals surface area contributed by atoms with Gasteiger partial charge in [0.2, 0.25) is 0 Å². The van der Waals surface area contributed by atoms with E-state index >= 15 is 0 Å². The van der Waals surface area contributed by atoms with Crippen molar-refractivity contribution in [3.8, 4) is 17.2 Å². The topological polar surface area (TPSA) is 89.9 Å². The van der Waals surface area contributed by atoms with Gasteiger partial charge in [0.15, 0.2) is 9.84 Å². The van der Waals surface area contributed by atoms with Gasteiger partial charge in [-0.1, -0.05) is 6.92 Å². The maximum absolute atomic E-state index is 11.5. The van der Waals surface area contributed by atoms with E-state index in [0.29, 0.717) is 17.2 Å². The Morgan fingerprint density at radius 2 is 1.68 bits per heavy atom. The zero-order valence-electron chi connectivity index (χ0n) is 14.2. The molecule has 0 spiro atoms. The van der Waals surface area contributed by atoms with Gasteiger partial charge in [0.05, 0.1) is 16.6 Å². The molecule has 2 aromatic rings. The van der Waals surface area contributed by atoms with Crippen molar-refractivity contribution in [3.63, 3.8) is 0 Å². The van der Waals surface area contributed by atoms with E-state index in [1.165, 1.54) is 36.4 Å². The summed E-state index contributed by atoms with van der Waals surface area (Å²) in [5, 5.41) is 9.24. The summed E-state index contributed by atoms with van der Waals surface area (Å²) in [6.07, 6.45) is 1.84. The van der Waals surface area contributed by atoms with Crippen LogP contribution in [0.4, 0.5) is 0 Å². The molecule has 0 amide bonds. The summed E-state index contributed by atoms with van der Waals surface area (Å²) >= 11 is 0. The number of carboxylic acids is 1. The maximum atomic E-state index is 11.5. The van der Waals surface area contributed by atoms with Gasteiger partial charge >= 0.3 is 5.97 Å². The van der Waals surface area contributed by atoms with Crippen LogP contribution in [0.2, 0.25) is 0 Å². The van der Waals surface area contributed by atoms with Crippen LogP contribution in [0.3, 0.4) is 0 Å². The fourth-order valence-electron chi connectivity index (χ4n) is 2.03. The zero-order valence-corrected chi connectivity index (χ0v) is 15.0. The molecule has 0 aromatic heterocycles. The Balaban J connectivity index is 2.30. The molecule has 2 aromatic carbocycles. The van der Waals surface area contributed by atoms with E-state index in [2.05, 4.69) is 0 Å². The minimum absolute atomic E-state index is 0.0450. The molecule has 0 heterocycles. The predicted octanol–water partition coefficient (Wildman–Crippen LogP) is 3.76. The molecule has 0 aliphatic heterocycles. The second-order valence-electron chi connectivity index (χ2n) is 5.68. The van der Waals surface area contributed by atoms with Crippen molar-refractivity contribution < 1.29 is 27.8 Å². The number of hydrogen-bond acceptors (Lipinski definition) is 5. The van der Waals surface area contributed by atoms with Crippen LogP contribution < -0.4 is 9.47 Å². The van der Waals surface area contributed by atoms with Crippen molar-refractivity contribution in [2.24, 2.45) is 0 Å².